The van der Waals surface area contributed by atoms with Crippen LogP contribution in [0.1, 0.15) is 45.7 Å². The van der Waals surface area contributed by atoms with Gasteiger partial charge in [0.25, 0.3) is 11.8 Å². The Morgan fingerprint density at radius 3 is 2.33 bits per heavy atom. The molecular weight excluding hydrogens is 533 g/mol. The Bertz CT molecular complexity index is 1570. The van der Waals surface area contributed by atoms with E-state index in [-0.39, 0.29) is 11.7 Å². The van der Waals surface area contributed by atoms with Crippen molar-refractivity contribution >= 4 is 56.0 Å². The lowest BCUT2D eigenvalue weighted by Crippen LogP contribution is -2.17. The summed E-state index contributed by atoms with van der Waals surface area (Å²) < 4.78 is 44.7. The van der Waals surface area contributed by atoms with Crippen molar-refractivity contribution in [3.63, 3.8) is 0 Å². The number of fused-ring (bicyclic) bond motifs is 1. The van der Waals surface area contributed by atoms with Crippen LogP contribution in [0.3, 0.4) is 0 Å². The Balaban J connectivity index is 1.48. The van der Waals surface area contributed by atoms with E-state index in [1.54, 1.807) is 51.1 Å². The zero-order valence-electron chi connectivity index (χ0n) is 21.0. The fourth-order valence-corrected chi connectivity index (χ4v) is 4.41. The van der Waals surface area contributed by atoms with Crippen LogP contribution in [0.25, 0.3) is 10.2 Å². The zero-order valence-corrected chi connectivity index (χ0v) is 21.8. The molecule has 0 spiro atoms. The average molecular weight is 557 g/mol. The Morgan fingerprint density at radius 2 is 1.62 bits per heavy atom. The second-order valence-electron chi connectivity index (χ2n) is 8.80. The van der Waals surface area contributed by atoms with E-state index in [9.17, 15) is 27.6 Å². The predicted molar refractivity (Wildman–Crippen MR) is 143 cm³/mol. The van der Waals surface area contributed by atoms with Gasteiger partial charge in [-0.15, -0.1) is 0 Å². The van der Waals surface area contributed by atoms with Crippen LogP contribution in [0.15, 0.2) is 60.7 Å². The molecule has 0 bridgehead atoms. The molecule has 0 saturated heterocycles. The van der Waals surface area contributed by atoms with E-state index in [4.69, 9.17) is 4.74 Å². The van der Waals surface area contributed by atoms with Gasteiger partial charge in [-0.25, -0.2) is 9.78 Å². The maximum absolute atomic E-state index is 13.0. The molecule has 8 nitrogen and oxygen atoms in total. The van der Waals surface area contributed by atoms with Crippen LogP contribution in [-0.4, -0.2) is 29.0 Å². The van der Waals surface area contributed by atoms with Gasteiger partial charge in [0.1, 0.15) is 0 Å². The number of thiazole rings is 1. The highest BCUT2D eigenvalue weighted by molar-refractivity contribution is 7.22. The van der Waals surface area contributed by atoms with Gasteiger partial charge in [-0.2, -0.15) is 13.2 Å². The second kappa shape index (κ2) is 11.1. The number of ether oxygens (including phenoxy) is 1. The number of carbonyl (C=O) groups excluding carboxylic acids is 3. The number of carbonyl (C=O) groups is 3. The summed E-state index contributed by atoms with van der Waals surface area (Å²) in [5.74, 6) is -1.15. The second-order valence-corrected chi connectivity index (χ2v) is 9.83. The van der Waals surface area contributed by atoms with Crippen molar-refractivity contribution in [3.05, 3.63) is 82.9 Å². The number of halogens is 3. The first kappa shape index (κ1) is 27.6. The van der Waals surface area contributed by atoms with E-state index in [0.717, 1.165) is 18.2 Å². The van der Waals surface area contributed by atoms with Crippen molar-refractivity contribution in [2.24, 2.45) is 0 Å². The van der Waals surface area contributed by atoms with E-state index in [0.29, 0.717) is 37.8 Å². The summed E-state index contributed by atoms with van der Waals surface area (Å²) in [6.07, 6.45) is -5.49. The lowest BCUT2D eigenvalue weighted by Gasteiger charge is -2.13. The van der Waals surface area contributed by atoms with E-state index in [2.05, 4.69) is 20.9 Å². The van der Waals surface area contributed by atoms with Crippen LogP contribution in [0.2, 0.25) is 0 Å². The molecule has 0 saturated carbocycles. The molecule has 0 atom stereocenters. The monoisotopic (exact) mass is 556 g/mol. The number of rotatable bonds is 6. The van der Waals surface area contributed by atoms with Gasteiger partial charge in [0.2, 0.25) is 0 Å². The van der Waals surface area contributed by atoms with Crippen LogP contribution in [-0.2, 0) is 10.9 Å². The average Bonchev–Trinajstić information content (AvgIpc) is 3.26. The van der Waals surface area contributed by atoms with Crippen LogP contribution < -0.4 is 16.0 Å². The van der Waals surface area contributed by atoms with Gasteiger partial charge in [-0.1, -0.05) is 23.5 Å². The summed E-state index contributed by atoms with van der Waals surface area (Å²) in [6.45, 7) is 5.21. The van der Waals surface area contributed by atoms with Crippen molar-refractivity contribution in [3.8, 4) is 0 Å². The Morgan fingerprint density at radius 1 is 0.897 bits per heavy atom. The summed E-state index contributed by atoms with van der Waals surface area (Å²) in [7, 11) is 0. The zero-order chi connectivity index (χ0) is 28.3. The van der Waals surface area contributed by atoms with Crippen LogP contribution in [0.4, 0.5) is 34.5 Å². The smallest absolute Gasteiger partial charge is 0.416 e. The SMILES string of the molecule is Cc1ccc(NC(=O)c2cccc(C(F)(F)F)c2)cc1NC(=O)c1ccc2nc(NC(=O)OC(C)C)sc2c1. The highest BCUT2D eigenvalue weighted by Crippen LogP contribution is 2.30. The molecule has 1 aromatic heterocycles. The van der Waals surface area contributed by atoms with Crippen molar-refractivity contribution in [2.75, 3.05) is 16.0 Å². The minimum Gasteiger partial charge on any atom is -0.447 e. The molecule has 0 fully saturated rings. The molecule has 3 N–H and O–H groups in total. The van der Waals surface area contributed by atoms with Gasteiger partial charge < -0.3 is 15.4 Å². The van der Waals surface area contributed by atoms with Crippen LogP contribution in [0, 0.1) is 6.92 Å². The summed E-state index contributed by atoms with van der Waals surface area (Å²) in [6, 6.07) is 13.7. The fourth-order valence-electron chi connectivity index (χ4n) is 3.52. The van der Waals surface area contributed by atoms with E-state index in [1.807, 2.05) is 0 Å². The van der Waals surface area contributed by atoms with Crippen molar-refractivity contribution in [1.29, 1.82) is 0 Å². The first-order valence-corrected chi connectivity index (χ1v) is 12.5. The van der Waals surface area contributed by atoms with E-state index in [1.165, 1.54) is 23.5 Å². The first-order valence-electron chi connectivity index (χ1n) is 11.7. The van der Waals surface area contributed by atoms with Gasteiger partial charge in [0, 0.05) is 22.5 Å². The molecule has 0 aliphatic carbocycles. The molecule has 202 valence electrons. The summed E-state index contributed by atoms with van der Waals surface area (Å²) in [5.41, 5.74) is 1.25. The van der Waals surface area contributed by atoms with Crippen molar-refractivity contribution in [2.45, 2.75) is 33.1 Å². The number of aryl methyl sites for hydroxylation is 1. The van der Waals surface area contributed by atoms with Gasteiger partial charge >= 0.3 is 12.3 Å². The highest BCUT2D eigenvalue weighted by Gasteiger charge is 2.31. The number of hydrogen-bond donors (Lipinski definition) is 3. The highest BCUT2D eigenvalue weighted by atomic mass is 32.1. The predicted octanol–water partition coefficient (Wildman–Crippen LogP) is 7.09. The van der Waals surface area contributed by atoms with Gasteiger partial charge in [0.05, 0.1) is 21.9 Å². The first-order chi connectivity index (χ1) is 18.4. The van der Waals surface area contributed by atoms with Gasteiger partial charge in [-0.05, 0) is 74.9 Å². The molecule has 12 heteroatoms. The molecule has 4 aromatic rings. The Hall–Kier alpha value is -4.45. The van der Waals surface area contributed by atoms with Crippen LogP contribution in [0.5, 0.6) is 0 Å². The van der Waals surface area contributed by atoms with E-state index < -0.39 is 29.6 Å². The van der Waals surface area contributed by atoms with Crippen molar-refractivity contribution < 1.29 is 32.3 Å². The normalized spacial score (nSPS) is 11.4. The molecule has 0 unspecified atom stereocenters. The lowest BCUT2D eigenvalue weighted by atomic mass is 10.1. The minimum absolute atomic E-state index is 0.153. The molecule has 3 amide bonds. The topological polar surface area (TPSA) is 109 Å². The maximum atomic E-state index is 13.0. The molecule has 1 heterocycles. The van der Waals surface area contributed by atoms with Gasteiger partial charge in [-0.3, -0.25) is 14.9 Å². The number of benzene rings is 3. The third-order valence-corrected chi connectivity index (χ3v) is 6.33. The summed E-state index contributed by atoms with van der Waals surface area (Å²) >= 11 is 1.18. The maximum Gasteiger partial charge on any atom is 0.416 e. The standard InChI is InChI=1S/C27H23F3N4O4S/c1-14(2)38-26(37)34-25-33-20-10-8-17(12-22(20)39-25)24(36)32-21-13-19(9-7-15(21)3)31-23(35)16-5-4-6-18(11-16)27(28,29)30/h4-14H,1-3H3,(H,31,35)(H,32,36)(H,33,34,37). The number of anilines is 3. The molecule has 3 aromatic carbocycles. The van der Waals surface area contributed by atoms with Gasteiger partial charge in [0.15, 0.2) is 5.13 Å². The summed E-state index contributed by atoms with van der Waals surface area (Å²) in [4.78, 5) is 41.7. The number of nitrogens with one attached hydrogen (secondary N) is 3. The third-order valence-electron chi connectivity index (χ3n) is 5.40. The Kier molecular flexibility index (Phi) is 7.86. The van der Waals surface area contributed by atoms with Crippen LogP contribution >= 0.6 is 11.3 Å². The molecule has 0 aliphatic rings. The quantitative estimate of drug-likeness (QED) is 0.235. The minimum atomic E-state index is -4.57. The molecular formula is C27H23F3N4O4S. The molecule has 4 rings (SSSR count). The summed E-state index contributed by atoms with van der Waals surface area (Å²) in [5, 5.41) is 8.24. The number of hydrogen-bond acceptors (Lipinski definition) is 6. The Labute approximate surface area is 225 Å². The number of nitrogens with zero attached hydrogens (tertiary/aromatic N) is 1. The number of aromatic nitrogens is 1. The fraction of sp³-hybridized carbons (Fsp3) is 0.185. The molecule has 0 radical (unpaired) electrons. The van der Waals surface area contributed by atoms with E-state index >= 15 is 0 Å². The number of amides is 3. The molecule has 0 aliphatic heterocycles. The third kappa shape index (κ3) is 6.90. The number of alkyl halides is 3. The lowest BCUT2D eigenvalue weighted by molar-refractivity contribution is -0.137. The molecule has 39 heavy (non-hydrogen) atoms. The largest absolute Gasteiger partial charge is 0.447 e. The van der Waals surface area contributed by atoms with Crippen molar-refractivity contribution in [1.82, 2.24) is 4.98 Å².